The summed E-state index contributed by atoms with van der Waals surface area (Å²) in [5.41, 5.74) is 8.55. The highest BCUT2D eigenvalue weighted by atomic mass is 32.1. The fourth-order valence-corrected chi connectivity index (χ4v) is 2.82. The molecule has 3 rings (SSSR count). The van der Waals surface area contributed by atoms with Gasteiger partial charge in [0.1, 0.15) is 5.69 Å². The molecule has 3 aromatic rings. The van der Waals surface area contributed by atoms with Gasteiger partial charge in [0.15, 0.2) is 0 Å². The molecule has 0 bridgehead atoms. The van der Waals surface area contributed by atoms with Crippen LogP contribution < -0.4 is 10.5 Å². The number of nitrogens with zero attached hydrogens (tertiary/aromatic N) is 1. The fourth-order valence-electron chi connectivity index (χ4n) is 2.69. The van der Waals surface area contributed by atoms with Gasteiger partial charge in [-0.15, -0.1) is 0 Å². The summed E-state index contributed by atoms with van der Waals surface area (Å²) in [4.78, 5) is 23.3. The molecule has 0 aliphatic carbocycles. The molecule has 4 N–H and O–H groups in total. The van der Waals surface area contributed by atoms with Crippen molar-refractivity contribution in [3.8, 4) is 0 Å². The Hall–Kier alpha value is -2.93. The summed E-state index contributed by atoms with van der Waals surface area (Å²) in [7, 11) is 0. The van der Waals surface area contributed by atoms with E-state index in [1.165, 1.54) is 0 Å². The second-order valence-corrected chi connectivity index (χ2v) is 5.60. The first kappa shape index (κ1) is 15.9. The quantitative estimate of drug-likeness (QED) is 0.433. The number of anilines is 1. The molecule has 1 aromatic heterocycles. The number of carbonyl (C=O) groups excluding carboxylic acids is 1. The van der Waals surface area contributed by atoms with Crippen molar-refractivity contribution in [3.05, 3.63) is 65.4 Å². The van der Waals surface area contributed by atoms with Gasteiger partial charge in [-0.05, 0) is 42.0 Å². The van der Waals surface area contributed by atoms with Crippen LogP contribution in [0.3, 0.4) is 0 Å². The van der Waals surface area contributed by atoms with Gasteiger partial charge >= 0.3 is 5.97 Å². The fraction of sp³-hybridized carbons (Fsp3) is 0.0588. The lowest BCUT2D eigenvalue weighted by atomic mass is 10.1. The molecular formula is C17H15N3O3S. The molecule has 6 nitrogen and oxygen atoms in total. The first-order valence-electron chi connectivity index (χ1n) is 7.15. The normalized spacial score (nSPS) is 10.7. The van der Waals surface area contributed by atoms with Crippen molar-refractivity contribution in [2.75, 3.05) is 5.73 Å². The third kappa shape index (κ3) is 2.93. The molecule has 122 valence electrons. The monoisotopic (exact) mass is 341 g/mol. The van der Waals surface area contributed by atoms with Crippen LogP contribution in [0.25, 0.3) is 10.9 Å². The maximum absolute atomic E-state index is 11.7. The lowest BCUT2D eigenvalue weighted by Crippen LogP contribution is -2.13. The highest BCUT2D eigenvalue weighted by Crippen LogP contribution is 2.24. The molecule has 1 amide bonds. The Labute approximate surface area is 143 Å². The molecule has 0 fully saturated rings. The minimum absolute atomic E-state index is 0.166. The SMILES string of the molecule is Nc1ccc2c(c1)cc(C(=O)O)n2Cc1cccc(C(=O)NS)c1. The highest BCUT2D eigenvalue weighted by Gasteiger charge is 2.15. The first-order chi connectivity index (χ1) is 11.5. The Morgan fingerprint density at radius 3 is 2.67 bits per heavy atom. The van der Waals surface area contributed by atoms with Crippen LogP contribution >= 0.6 is 12.8 Å². The van der Waals surface area contributed by atoms with Gasteiger partial charge in [-0.3, -0.25) is 9.52 Å². The van der Waals surface area contributed by atoms with E-state index in [0.29, 0.717) is 17.8 Å². The van der Waals surface area contributed by atoms with Crippen LogP contribution in [0.4, 0.5) is 5.69 Å². The molecule has 7 heteroatoms. The van der Waals surface area contributed by atoms with Gasteiger partial charge < -0.3 is 15.4 Å². The molecule has 0 radical (unpaired) electrons. The number of benzene rings is 2. The van der Waals surface area contributed by atoms with Gasteiger partial charge in [-0.2, -0.15) is 0 Å². The average Bonchev–Trinajstić information content (AvgIpc) is 2.92. The van der Waals surface area contributed by atoms with E-state index < -0.39 is 5.97 Å². The highest BCUT2D eigenvalue weighted by molar-refractivity contribution is 7.78. The maximum Gasteiger partial charge on any atom is 0.352 e. The number of carboxylic acid groups (broad SMARTS) is 1. The molecule has 0 saturated heterocycles. The van der Waals surface area contributed by atoms with Crippen LogP contribution in [0.5, 0.6) is 0 Å². The summed E-state index contributed by atoms with van der Waals surface area (Å²) in [6.45, 7) is 0.322. The van der Waals surface area contributed by atoms with E-state index in [9.17, 15) is 14.7 Å². The summed E-state index contributed by atoms with van der Waals surface area (Å²) in [5, 5.41) is 10.2. The summed E-state index contributed by atoms with van der Waals surface area (Å²) in [5.74, 6) is -1.34. The Morgan fingerprint density at radius 2 is 1.96 bits per heavy atom. The summed E-state index contributed by atoms with van der Waals surface area (Å²) in [6.07, 6.45) is 0. The molecular weight excluding hydrogens is 326 g/mol. The van der Waals surface area contributed by atoms with E-state index in [1.54, 1.807) is 47.0 Å². The topological polar surface area (TPSA) is 97.3 Å². The Balaban J connectivity index is 2.08. The van der Waals surface area contributed by atoms with E-state index in [4.69, 9.17) is 5.73 Å². The number of carbonyl (C=O) groups is 2. The molecule has 24 heavy (non-hydrogen) atoms. The third-order valence-electron chi connectivity index (χ3n) is 3.78. The number of nitrogens with one attached hydrogen (secondary N) is 1. The van der Waals surface area contributed by atoms with Crippen molar-refractivity contribution in [2.45, 2.75) is 6.54 Å². The first-order valence-corrected chi connectivity index (χ1v) is 7.60. The smallest absolute Gasteiger partial charge is 0.352 e. The van der Waals surface area contributed by atoms with Gasteiger partial charge in [0.05, 0.1) is 0 Å². The van der Waals surface area contributed by atoms with Gasteiger partial charge in [-0.25, -0.2) is 4.79 Å². The standard InChI is InChI=1S/C17H15N3O3S/c18-13-4-5-14-12(7-13)8-15(17(22)23)20(14)9-10-2-1-3-11(6-10)16(21)19-24/h1-8,24H,9,18H2,(H,19,21)(H,22,23). The van der Waals surface area contributed by atoms with Crippen molar-refractivity contribution in [1.29, 1.82) is 0 Å². The number of nitrogens with two attached hydrogens (primary N) is 1. The largest absolute Gasteiger partial charge is 0.477 e. The van der Waals surface area contributed by atoms with Crippen LogP contribution in [0, 0.1) is 0 Å². The molecule has 0 unspecified atom stereocenters. The number of hydrogen-bond acceptors (Lipinski definition) is 4. The Kier molecular flexibility index (Phi) is 4.18. The number of fused-ring (bicyclic) bond motifs is 1. The molecule has 1 heterocycles. The Bertz CT molecular complexity index is 949. The molecule has 0 atom stereocenters. The van der Waals surface area contributed by atoms with E-state index in [0.717, 1.165) is 16.5 Å². The molecule has 2 aromatic carbocycles. The average molecular weight is 341 g/mol. The van der Waals surface area contributed by atoms with Gasteiger partial charge in [0.25, 0.3) is 5.91 Å². The number of carboxylic acids is 1. The van der Waals surface area contributed by atoms with Crippen molar-refractivity contribution in [3.63, 3.8) is 0 Å². The molecule has 0 saturated carbocycles. The van der Waals surface area contributed by atoms with Gasteiger partial charge in [0.2, 0.25) is 0 Å². The lowest BCUT2D eigenvalue weighted by Gasteiger charge is -2.10. The molecule has 0 spiro atoms. The predicted octanol–water partition coefficient (Wildman–Crippen LogP) is 2.54. The zero-order valence-corrected chi connectivity index (χ0v) is 13.5. The van der Waals surface area contributed by atoms with Crippen LogP contribution in [0.2, 0.25) is 0 Å². The van der Waals surface area contributed by atoms with Crippen molar-refractivity contribution >= 4 is 41.3 Å². The van der Waals surface area contributed by atoms with Crippen molar-refractivity contribution in [1.82, 2.24) is 9.29 Å². The van der Waals surface area contributed by atoms with Crippen molar-refractivity contribution in [2.24, 2.45) is 0 Å². The Morgan fingerprint density at radius 1 is 1.17 bits per heavy atom. The van der Waals surface area contributed by atoms with Gasteiger partial charge in [-0.1, -0.05) is 24.9 Å². The van der Waals surface area contributed by atoms with E-state index in [-0.39, 0.29) is 11.6 Å². The van der Waals surface area contributed by atoms with Crippen LogP contribution in [0.1, 0.15) is 26.4 Å². The van der Waals surface area contributed by atoms with E-state index >= 15 is 0 Å². The summed E-state index contributed by atoms with van der Waals surface area (Å²) in [6, 6.07) is 13.8. The molecule has 0 aliphatic rings. The summed E-state index contributed by atoms with van der Waals surface area (Å²) >= 11 is 3.76. The number of amides is 1. The molecule has 0 aliphatic heterocycles. The lowest BCUT2D eigenvalue weighted by molar-refractivity contribution is 0.0686. The third-order valence-corrected chi connectivity index (χ3v) is 3.98. The minimum atomic E-state index is -1.02. The van der Waals surface area contributed by atoms with Crippen molar-refractivity contribution < 1.29 is 14.7 Å². The number of thiol groups is 1. The minimum Gasteiger partial charge on any atom is -0.477 e. The predicted molar refractivity (Wildman–Crippen MR) is 95.3 cm³/mol. The van der Waals surface area contributed by atoms with Crippen LogP contribution in [0.15, 0.2) is 48.5 Å². The van der Waals surface area contributed by atoms with Crippen LogP contribution in [-0.2, 0) is 6.54 Å². The zero-order valence-electron chi connectivity index (χ0n) is 12.6. The number of nitrogen functional groups attached to an aromatic ring is 1. The zero-order chi connectivity index (χ0) is 17.3. The van der Waals surface area contributed by atoms with Crippen LogP contribution in [-0.4, -0.2) is 21.6 Å². The number of hydrogen-bond donors (Lipinski definition) is 4. The van der Waals surface area contributed by atoms with E-state index in [1.807, 2.05) is 6.07 Å². The number of aromatic carboxylic acids is 1. The second-order valence-electron chi connectivity index (χ2n) is 5.38. The second kappa shape index (κ2) is 6.29. The van der Waals surface area contributed by atoms with Gasteiger partial charge in [0, 0.05) is 28.7 Å². The van der Waals surface area contributed by atoms with E-state index in [2.05, 4.69) is 17.5 Å². The number of rotatable bonds is 4. The maximum atomic E-state index is 11.7. The summed E-state index contributed by atoms with van der Waals surface area (Å²) < 4.78 is 3.96. The number of aromatic nitrogens is 1.